The lowest BCUT2D eigenvalue weighted by molar-refractivity contribution is -0.131. The first-order chi connectivity index (χ1) is 12.3. The molecule has 1 aromatic rings. The summed E-state index contributed by atoms with van der Waals surface area (Å²) in [6.45, 7) is 4.93. The first-order valence-electron chi connectivity index (χ1n) is 8.96. The summed E-state index contributed by atoms with van der Waals surface area (Å²) in [4.78, 5) is 27.9. The number of piperidine rings is 1. The predicted octanol–water partition coefficient (Wildman–Crippen LogP) is 2.49. The molecular weight excluding hydrogens is 337 g/mol. The number of likely N-dealkylation sites (tertiary alicyclic amines) is 1. The molecule has 1 fully saturated rings. The average molecular weight is 365 g/mol. The van der Waals surface area contributed by atoms with E-state index < -0.39 is 6.04 Å². The van der Waals surface area contributed by atoms with E-state index >= 15 is 0 Å². The summed E-state index contributed by atoms with van der Waals surface area (Å²) >= 11 is 0. The van der Waals surface area contributed by atoms with Crippen molar-refractivity contribution in [2.24, 2.45) is 5.92 Å². The van der Waals surface area contributed by atoms with Crippen molar-refractivity contribution in [1.29, 1.82) is 0 Å². The van der Waals surface area contributed by atoms with Crippen LogP contribution in [0.1, 0.15) is 26.7 Å². The number of ether oxygens (including phenoxy) is 1. The minimum atomic E-state index is -0.536. The Bertz CT molecular complexity index is 611. The van der Waals surface area contributed by atoms with Crippen molar-refractivity contribution < 1.29 is 18.7 Å². The van der Waals surface area contributed by atoms with Crippen LogP contribution in [0.3, 0.4) is 0 Å². The second-order valence-electron chi connectivity index (χ2n) is 7.16. The van der Waals surface area contributed by atoms with E-state index in [-0.39, 0.29) is 29.8 Å². The first-order valence-corrected chi connectivity index (χ1v) is 8.96. The normalized spacial score (nSPS) is 16.3. The summed E-state index contributed by atoms with van der Waals surface area (Å²) in [7, 11) is 3.37. The van der Waals surface area contributed by atoms with Crippen molar-refractivity contribution in [3.63, 3.8) is 0 Å². The van der Waals surface area contributed by atoms with Gasteiger partial charge < -0.3 is 19.9 Å². The number of likely N-dealkylation sites (N-methyl/N-ethyl adjacent to an activating group) is 1. The van der Waals surface area contributed by atoms with Gasteiger partial charge in [0.15, 0.2) is 0 Å². The maximum absolute atomic E-state index is 12.9. The highest BCUT2D eigenvalue weighted by atomic mass is 19.1. The van der Waals surface area contributed by atoms with Crippen LogP contribution < -0.4 is 10.1 Å². The Morgan fingerprint density at radius 2 is 1.77 bits per heavy atom. The lowest BCUT2D eigenvalue weighted by Gasteiger charge is -2.34. The van der Waals surface area contributed by atoms with Crippen LogP contribution in [-0.2, 0) is 4.79 Å². The minimum absolute atomic E-state index is 0.00573. The molecule has 0 saturated carbocycles. The predicted molar refractivity (Wildman–Crippen MR) is 97.5 cm³/mol. The van der Waals surface area contributed by atoms with E-state index in [4.69, 9.17) is 4.74 Å². The summed E-state index contributed by atoms with van der Waals surface area (Å²) in [6.07, 6.45) is 1.38. The quantitative estimate of drug-likeness (QED) is 0.872. The van der Waals surface area contributed by atoms with Gasteiger partial charge in [0, 0.05) is 40.0 Å². The third-order valence-electron chi connectivity index (χ3n) is 4.50. The number of rotatable bonds is 5. The number of halogens is 1. The smallest absolute Gasteiger partial charge is 0.318 e. The van der Waals surface area contributed by atoms with Crippen molar-refractivity contribution in [3.8, 4) is 5.75 Å². The number of urea groups is 1. The number of hydrogen-bond acceptors (Lipinski definition) is 3. The molecule has 0 bridgehead atoms. The van der Waals surface area contributed by atoms with Crippen LogP contribution in [0.15, 0.2) is 24.3 Å². The number of amides is 3. The fraction of sp³-hybridized carbons (Fsp3) is 0.579. The van der Waals surface area contributed by atoms with Crippen LogP contribution in [0.2, 0.25) is 0 Å². The van der Waals surface area contributed by atoms with Gasteiger partial charge in [0.2, 0.25) is 5.91 Å². The van der Waals surface area contributed by atoms with Gasteiger partial charge in [0.05, 0.1) is 0 Å². The average Bonchev–Trinajstić information content (AvgIpc) is 2.61. The van der Waals surface area contributed by atoms with Crippen molar-refractivity contribution in [1.82, 2.24) is 15.1 Å². The summed E-state index contributed by atoms with van der Waals surface area (Å²) in [6, 6.07) is 5.19. The number of carbonyl (C=O) groups is 2. The van der Waals surface area contributed by atoms with Crippen LogP contribution in [-0.4, -0.2) is 61.1 Å². The fourth-order valence-electron chi connectivity index (χ4n) is 2.90. The first kappa shape index (κ1) is 20.0. The molecule has 26 heavy (non-hydrogen) atoms. The topological polar surface area (TPSA) is 61.9 Å². The molecule has 0 aliphatic carbocycles. The van der Waals surface area contributed by atoms with Crippen LogP contribution in [0, 0.1) is 11.7 Å². The Hall–Kier alpha value is -2.31. The molecule has 1 heterocycles. The van der Waals surface area contributed by atoms with E-state index in [1.54, 1.807) is 31.1 Å². The van der Waals surface area contributed by atoms with Gasteiger partial charge in [0.25, 0.3) is 0 Å². The van der Waals surface area contributed by atoms with Gasteiger partial charge in [-0.3, -0.25) is 4.79 Å². The number of hydrogen-bond donors (Lipinski definition) is 1. The third-order valence-corrected chi connectivity index (χ3v) is 4.50. The van der Waals surface area contributed by atoms with Crippen molar-refractivity contribution >= 4 is 11.9 Å². The molecule has 1 saturated heterocycles. The third kappa shape index (κ3) is 5.34. The molecule has 2 rings (SSSR count). The maximum Gasteiger partial charge on any atom is 0.318 e. The highest BCUT2D eigenvalue weighted by Crippen LogP contribution is 2.19. The zero-order valence-corrected chi connectivity index (χ0v) is 15.9. The van der Waals surface area contributed by atoms with Crippen LogP contribution in [0.25, 0.3) is 0 Å². The SMILES string of the molecule is CC(C)[C@H](NC(=O)N1CCC(Oc2ccc(F)cc2)CC1)C(=O)N(C)C. The lowest BCUT2D eigenvalue weighted by atomic mass is 10.0. The van der Waals surface area contributed by atoms with E-state index in [0.29, 0.717) is 31.7 Å². The van der Waals surface area contributed by atoms with E-state index in [2.05, 4.69) is 5.32 Å². The zero-order chi connectivity index (χ0) is 19.3. The van der Waals surface area contributed by atoms with Crippen molar-refractivity contribution in [2.45, 2.75) is 38.8 Å². The summed E-state index contributed by atoms with van der Waals surface area (Å²) in [5.41, 5.74) is 0. The molecule has 1 aliphatic rings. The molecular formula is C19H28FN3O3. The van der Waals surface area contributed by atoms with Crippen LogP contribution in [0.4, 0.5) is 9.18 Å². The van der Waals surface area contributed by atoms with Gasteiger partial charge in [0.1, 0.15) is 23.7 Å². The summed E-state index contributed by atoms with van der Waals surface area (Å²) in [5.74, 6) is 0.234. The number of nitrogens with one attached hydrogen (secondary N) is 1. The van der Waals surface area contributed by atoms with E-state index in [0.717, 1.165) is 0 Å². The number of carbonyl (C=O) groups excluding carboxylic acids is 2. The van der Waals surface area contributed by atoms with Crippen molar-refractivity contribution in [3.05, 3.63) is 30.1 Å². The number of benzene rings is 1. The molecule has 0 unspecified atom stereocenters. The second kappa shape index (κ2) is 8.87. The molecule has 0 aromatic heterocycles. The monoisotopic (exact) mass is 365 g/mol. The lowest BCUT2D eigenvalue weighted by Crippen LogP contribution is -2.54. The van der Waals surface area contributed by atoms with Crippen molar-refractivity contribution in [2.75, 3.05) is 27.2 Å². The molecule has 3 amide bonds. The van der Waals surface area contributed by atoms with Gasteiger partial charge in [-0.2, -0.15) is 0 Å². The van der Waals surface area contributed by atoms with Gasteiger partial charge in [-0.1, -0.05) is 13.8 Å². The van der Waals surface area contributed by atoms with Crippen LogP contribution in [0.5, 0.6) is 5.75 Å². The molecule has 0 radical (unpaired) electrons. The highest BCUT2D eigenvalue weighted by molar-refractivity contribution is 5.87. The Kier molecular flexibility index (Phi) is 6.83. The Balaban J connectivity index is 1.85. The Morgan fingerprint density at radius 1 is 1.19 bits per heavy atom. The molecule has 1 N–H and O–H groups in total. The molecule has 1 atom stereocenters. The standard InChI is InChI=1S/C19H28FN3O3/c1-13(2)17(18(24)22(3)4)21-19(25)23-11-9-16(10-12-23)26-15-7-5-14(20)6-8-15/h5-8,13,16-17H,9-12H2,1-4H3,(H,21,25)/t17-/m0/s1. The molecule has 0 spiro atoms. The summed E-state index contributed by atoms with van der Waals surface area (Å²) in [5, 5.41) is 2.85. The van der Waals surface area contributed by atoms with Gasteiger partial charge >= 0.3 is 6.03 Å². The number of nitrogens with zero attached hydrogens (tertiary/aromatic N) is 2. The molecule has 144 valence electrons. The maximum atomic E-state index is 12.9. The second-order valence-corrected chi connectivity index (χ2v) is 7.16. The van der Waals surface area contributed by atoms with Gasteiger partial charge in [-0.25, -0.2) is 9.18 Å². The van der Waals surface area contributed by atoms with E-state index in [9.17, 15) is 14.0 Å². The highest BCUT2D eigenvalue weighted by Gasteiger charge is 2.29. The van der Waals surface area contributed by atoms with Crippen LogP contribution >= 0.6 is 0 Å². The zero-order valence-electron chi connectivity index (χ0n) is 15.9. The molecule has 6 nitrogen and oxygen atoms in total. The Morgan fingerprint density at radius 3 is 2.27 bits per heavy atom. The minimum Gasteiger partial charge on any atom is -0.490 e. The fourth-order valence-corrected chi connectivity index (χ4v) is 2.90. The summed E-state index contributed by atoms with van der Waals surface area (Å²) < 4.78 is 18.8. The van der Waals surface area contributed by atoms with Gasteiger partial charge in [-0.05, 0) is 30.2 Å². The largest absolute Gasteiger partial charge is 0.490 e. The molecule has 1 aliphatic heterocycles. The van der Waals surface area contributed by atoms with E-state index in [1.807, 2.05) is 13.8 Å². The molecule has 1 aromatic carbocycles. The van der Waals surface area contributed by atoms with E-state index in [1.165, 1.54) is 17.0 Å². The molecule has 7 heteroatoms. The van der Waals surface area contributed by atoms with Gasteiger partial charge in [-0.15, -0.1) is 0 Å². The Labute approximate surface area is 154 Å².